The number of pyridine rings is 1. The predicted octanol–water partition coefficient (Wildman–Crippen LogP) is 0.291. The fourth-order valence-electron chi connectivity index (χ4n) is 0.949. The molecule has 0 aliphatic rings. The number of aromatic nitrogens is 1. The lowest BCUT2D eigenvalue weighted by Crippen LogP contribution is -2.16. The van der Waals surface area contributed by atoms with E-state index in [1.165, 1.54) is 6.20 Å². The normalized spacial score (nSPS) is 11.5. The van der Waals surface area contributed by atoms with Crippen LogP contribution in [0.2, 0.25) is 0 Å². The van der Waals surface area contributed by atoms with Gasteiger partial charge in [-0.05, 0) is 18.1 Å². The predicted molar refractivity (Wildman–Crippen MR) is 45.0 cm³/mol. The Bertz CT molecular complexity index is 373. The molecule has 0 aliphatic carbocycles. The molecule has 2 N–H and O–H groups in total. The zero-order valence-corrected chi connectivity index (χ0v) is 7.50. The fourth-order valence-corrected chi connectivity index (χ4v) is 1.73. The molecule has 12 heavy (non-hydrogen) atoms. The highest BCUT2D eigenvalue weighted by molar-refractivity contribution is 7.89. The van der Waals surface area contributed by atoms with Gasteiger partial charge < -0.3 is 0 Å². The van der Waals surface area contributed by atoms with Crippen LogP contribution in [0.1, 0.15) is 12.5 Å². The van der Waals surface area contributed by atoms with E-state index < -0.39 is 10.0 Å². The van der Waals surface area contributed by atoms with Gasteiger partial charge in [-0.15, -0.1) is 0 Å². The number of hydrogen-bond donors (Lipinski definition) is 1. The molecule has 0 bridgehead atoms. The molecule has 4 nitrogen and oxygen atoms in total. The van der Waals surface area contributed by atoms with Gasteiger partial charge >= 0.3 is 0 Å². The summed E-state index contributed by atoms with van der Waals surface area (Å²) in [5.41, 5.74) is 0.653. The van der Waals surface area contributed by atoms with E-state index in [9.17, 15) is 8.42 Å². The van der Waals surface area contributed by atoms with Crippen molar-refractivity contribution in [3.63, 3.8) is 0 Å². The minimum atomic E-state index is -3.66. The van der Waals surface area contributed by atoms with E-state index >= 15 is 0 Å². The molecule has 1 heterocycles. The van der Waals surface area contributed by atoms with E-state index in [1.807, 2.05) is 6.92 Å². The van der Waals surface area contributed by atoms with E-state index in [2.05, 4.69) is 4.98 Å². The maximum atomic E-state index is 10.9. The summed E-state index contributed by atoms with van der Waals surface area (Å²) in [6.45, 7) is 1.85. The standard InChI is InChI=1S/C7H10N2O2S/c1-2-6-4-3-5-9-7(6)12(8,10)11/h3-5H,2H2,1H3,(H2,8,10,11). The van der Waals surface area contributed by atoms with Gasteiger partial charge in [-0.25, -0.2) is 18.5 Å². The third-order valence-electron chi connectivity index (χ3n) is 1.50. The lowest BCUT2D eigenvalue weighted by molar-refractivity contribution is 0.592. The number of nitrogens with two attached hydrogens (primary N) is 1. The van der Waals surface area contributed by atoms with Gasteiger partial charge in [0.05, 0.1) is 0 Å². The van der Waals surface area contributed by atoms with Crippen molar-refractivity contribution in [2.24, 2.45) is 5.14 Å². The van der Waals surface area contributed by atoms with Crippen LogP contribution < -0.4 is 5.14 Å². The van der Waals surface area contributed by atoms with Crippen molar-refractivity contribution in [1.82, 2.24) is 4.98 Å². The van der Waals surface area contributed by atoms with Crippen molar-refractivity contribution in [1.29, 1.82) is 0 Å². The topological polar surface area (TPSA) is 73.0 Å². The van der Waals surface area contributed by atoms with Crippen LogP contribution >= 0.6 is 0 Å². The van der Waals surface area contributed by atoms with Crippen molar-refractivity contribution < 1.29 is 8.42 Å². The summed E-state index contributed by atoms with van der Waals surface area (Å²) in [6, 6.07) is 3.39. The maximum Gasteiger partial charge on any atom is 0.255 e. The second kappa shape index (κ2) is 3.20. The Morgan fingerprint density at radius 1 is 1.58 bits per heavy atom. The molecule has 0 aromatic carbocycles. The van der Waals surface area contributed by atoms with Crippen LogP contribution in [-0.2, 0) is 16.4 Å². The van der Waals surface area contributed by atoms with Crippen molar-refractivity contribution in [2.75, 3.05) is 0 Å². The maximum absolute atomic E-state index is 10.9. The monoisotopic (exact) mass is 186 g/mol. The fraction of sp³-hybridized carbons (Fsp3) is 0.286. The highest BCUT2D eigenvalue weighted by Gasteiger charge is 2.12. The van der Waals surface area contributed by atoms with Crippen molar-refractivity contribution in [3.8, 4) is 0 Å². The lowest BCUT2D eigenvalue weighted by Gasteiger charge is -2.01. The van der Waals surface area contributed by atoms with Crippen LogP contribution in [0.3, 0.4) is 0 Å². The molecule has 1 rings (SSSR count). The first-order chi connectivity index (χ1) is 5.55. The average molecular weight is 186 g/mol. The molecule has 0 spiro atoms. The minimum absolute atomic E-state index is 0.0208. The molecule has 0 saturated heterocycles. The van der Waals surface area contributed by atoms with E-state index in [0.29, 0.717) is 12.0 Å². The SMILES string of the molecule is CCc1cccnc1S(N)(=O)=O. The number of primary sulfonamides is 1. The Labute approximate surface area is 71.5 Å². The first-order valence-corrected chi connectivity index (χ1v) is 5.07. The minimum Gasteiger partial charge on any atom is -0.243 e. The third kappa shape index (κ3) is 1.80. The summed E-state index contributed by atoms with van der Waals surface area (Å²) in [7, 11) is -3.66. The number of aryl methyl sites for hydroxylation is 1. The second-order valence-corrected chi connectivity index (χ2v) is 3.84. The van der Waals surface area contributed by atoms with Gasteiger partial charge in [-0.2, -0.15) is 0 Å². The molecular formula is C7H10N2O2S. The van der Waals surface area contributed by atoms with Gasteiger partial charge in [-0.1, -0.05) is 13.0 Å². The molecule has 1 aromatic heterocycles. The molecule has 0 saturated carbocycles. The van der Waals surface area contributed by atoms with Crippen LogP contribution in [0.4, 0.5) is 0 Å². The molecule has 0 radical (unpaired) electrons. The Kier molecular flexibility index (Phi) is 2.44. The van der Waals surface area contributed by atoms with Gasteiger partial charge in [0, 0.05) is 6.20 Å². The van der Waals surface area contributed by atoms with Crippen molar-refractivity contribution in [2.45, 2.75) is 18.4 Å². The summed E-state index contributed by atoms with van der Waals surface area (Å²) >= 11 is 0. The number of rotatable bonds is 2. The van der Waals surface area contributed by atoms with Crippen LogP contribution in [-0.4, -0.2) is 13.4 Å². The summed E-state index contributed by atoms with van der Waals surface area (Å²) < 4.78 is 21.9. The summed E-state index contributed by atoms with van der Waals surface area (Å²) in [6.07, 6.45) is 2.03. The number of hydrogen-bond acceptors (Lipinski definition) is 3. The summed E-state index contributed by atoms with van der Waals surface area (Å²) in [5, 5.41) is 4.92. The zero-order valence-electron chi connectivity index (χ0n) is 6.69. The molecule has 0 fully saturated rings. The average Bonchev–Trinajstić information content (AvgIpc) is 2.03. The van der Waals surface area contributed by atoms with Crippen LogP contribution in [0.25, 0.3) is 0 Å². The van der Waals surface area contributed by atoms with Crippen molar-refractivity contribution in [3.05, 3.63) is 23.9 Å². The van der Waals surface area contributed by atoms with Crippen LogP contribution in [0, 0.1) is 0 Å². The van der Waals surface area contributed by atoms with E-state index in [1.54, 1.807) is 12.1 Å². The first kappa shape index (κ1) is 9.15. The van der Waals surface area contributed by atoms with Gasteiger partial charge in [0.2, 0.25) is 0 Å². The highest BCUT2D eigenvalue weighted by atomic mass is 32.2. The quantitative estimate of drug-likeness (QED) is 0.721. The Morgan fingerprint density at radius 3 is 2.67 bits per heavy atom. The summed E-state index contributed by atoms with van der Waals surface area (Å²) in [5.74, 6) is 0. The highest BCUT2D eigenvalue weighted by Crippen LogP contribution is 2.09. The molecular weight excluding hydrogens is 176 g/mol. The molecule has 66 valence electrons. The molecule has 0 atom stereocenters. The van der Waals surface area contributed by atoms with Crippen LogP contribution in [0.15, 0.2) is 23.4 Å². The van der Waals surface area contributed by atoms with Gasteiger partial charge in [-0.3, -0.25) is 0 Å². The number of nitrogens with zero attached hydrogens (tertiary/aromatic N) is 1. The Balaban J connectivity index is 3.33. The van der Waals surface area contributed by atoms with Gasteiger partial charge in [0.15, 0.2) is 5.03 Å². The van der Waals surface area contributed by atoms with Gasteiger partial charge in [0.1, 0.15) is 0 Å². The smallest absolute Gasteiger partial charge is 0.243 e. The largest absolute Gasteiger partial charge is 0.255 e. The zero-order chi connectivity index (χ0) is 9.19. The Hall–Kier alpha value is -0.940. The lowest BCUT2D eigenvalue weighted by atomic mass is 10.2. The first-order valence-electron chi connectivity index (χ1n) is 3.52. The molecule has 0 unspecified atom stereocenters. The molecule has 0 aliphatic heterocycles. The third-order valence-corrected chi connectivity index (χ3v) is 2.41. The van der Waals surface area contributed by atoms with E-state index in [4.69, 9.17) is 5.14 Å². The molecule has 5 heteroatoms. The summed E-state index contributed by atoms with van der Waals surface area (Å²) in [4.78, 5) is 3.71. The Morgan fingerprint density at radius 2 is 2.25 bits per heavy atom. The molecule has 1 aromatic rings. The number of sulfonamides is 1. The van der Waals surface area contributed by atoms with E-state index in [-0.39, 0.29) is 5.03 Å². The van der Waals surface area contributed by atoms with E-state index in [0.717, 1.165) is 0 Å². The van der Waals surface area contributed by atoms with Gasteiger partial charge in [0.25, 0.3) is 10.0 Å². The van der Waals surface area contributed by atoms with Crippen LogP contribution in [0.5, 0.6) is 0 Å². The molecule has 0 amide bonds. The second-order valence-electron chi connectivity index (χ2n) is 2.37. The van der Waals surface area contributed by atoms with Crippen molar-refractivity contribution >= 4 is 10.0 Å².